The number of anilines is 1. The highest BCUT2D eigenvalue weighted by Gasteiger charge is 2.36. The van der Waals surface area contributed by atoms with Gasteiger partial charge in [-0.2, -0.15) is 0 Å². The lowest BCUT2D eigenvalue weighted by Crippen LogP contribution is -2.29. The zero-order valence-corrected chi connectivity index (χ0v) is 14.1. The molecule has 0 bridgehead atoms. The Balaban J connectivity index is 2.09. The molecule has 1 aliphatic rings. The molecule has 6 nitrogen and oxygen atoms in total. The van der Waals surface area contributed by atoms with Crippen molar-refractivity contribution in [3.63, 3.8) is 0 Å². The molecule has 3 N–H and O–H groups in total. The minimum Gasteiger partial charge on any atom is -0.497 e. The summed E-state index contributed by atoms with van der Waals surface area (Å²) >= 11 is 0. The van der Waals surface area contributed by atoms with Gasteiger partial charge in [0.15, 0.2) is 0 Å². The van der Waals surface area contributed by atoms with Crippen LogP contribution in [0, 0.1) is 0 Å². The molecule has 1 heterocycles. The number of carbonyl (C=O) groups excluding carboxylic acids is 2. The fourth-order valence-corrected chi connectivity index (χ4v) is 3.40. The molecule has 3 rings (SSSR count). The summed E-state index contributed by atoms with van der Waals surface area (Å²) in [5.74, 6) is -1.13. The van der Waals surface area contributed by atoms with Crippen molar-refractivity contribution in [1.29, 1.82) is 0 Å². The molecule has 0 saturated carbocycles. The summed E-state index contributed by atoms with van der Waals surface area (Å²) in [7, 11) is 2.91. The van der Waals surface area contributed by atoms with Crippen LogP contribution in [0.2, 0.25) is 0 Å². The number of hydrogen-bond donors (Lipinski definition) is 2. The highest BCUT2D eigenvalue weighted by atomic mass is 16.5. The number of amides is 1. The Bertz CT molecular complexity index is 819. The normalized spacial score (nSPS) is 16.5. The molecule has 0 aromatic heterocycles. The minimum atomic E-state index is -0.656. The maximum Gasteiger partial charge on any atom is 0.338 e. The Kier molecular flexibility index (Phi) is 4.61. The molecule has 0 radical (unpaired) electrons. The van der Waals surface area contributed by atoms with Gasteiger partial charge >= 0.3 is 5.97 Å². The zero-order valence-electron chi connectivity index (χ0n) is 14.1. The molecule has 0 fully saturated rings. The number of nitrogens with one attached hydrogen (secondary N) is 1. The molecule has 0 spiro atoms. The molecule has 0 aliphatic carbocycles. The summed E-state index contributed by atoms with van der Waals surface area (Å²) in [4.78, 5) is 24.4. The Labute approximate surface area is 145 Å². The highest BCUT2D eigenvalue weighted by molar-refractivity contribution is 5.95. The summed E-state index contributed by atoms with van der Waals surface area (Å²) in [6.07, 6.45) is 0. The Morgan fingerprint density at radius 3 is 2.64 bits per heavy atom. The predicted octanol–water partition coefficient (Wildman–Crippen LogP) is 2.26. The first-order valence-electron chi connectivity index (χ1n) is 7.95. The second-order valence-corrected chi connectivity index (χ2v) is 5.90. The lowest BCUT2D eigenvalue weighted by Gasteiger charge is -2.23. The Morgan fingerprint density at radius 1 is 1.20 bits per heavy atom. The van der Waals surface area contributed by atoms with E-state index in [1.54, 1.807) is 31.4 Å². The van der Waals surface area contributed by atoms with Crippen LogP contribution >= 0.6 is 0 Å². The topological polar surface area (TPSA) is 90.7 Å². The van der Waals surface area contributed by atoms with Crippen LogP contribution in [0.25, 0.3) is 0 Å². The van der Waals surface area contributed by atoms with Crippen LogP contribution in [-0.4, -0.2) is 32.6 Å². The average Bonchev–Trinajstić information content (AvgIpc) is 3.04. The van der Waals surface area contributed by atoms with Gasteiger partial charge in [0.05, 0.1) is 25.7 Å². The number of esters is 1. The number of rotatable bonds is 5. The van der Waals surface area contributed by atoms with Crippen LogP contribution in [0.15, 0.2) is 42.5 Å². The summed E-state index contributed by atoms with van der Waals surface area (Å²) in [5.41, 5.74) is 8.55. The van der Waals surface area contributed by atoms with Gasteiger partial charge < -0.3 is 20.5 Å². The van der Waals surface area contributed by atoms with Crippen LogP contribution in [0.1, 0.15) is 33.3 Å². The molecule has 0 saturated heterocycles. The van der Waals surface area contributed by atoms with Crippen molar-refractivity contribution < 1.29 is 19.1 Å². The highest BCUT2D eigenvalue weighted by Crippen LogP contribution is 2.43. The van der Waals surface area contributed by atoms with Crippen molar-refractivity contribution in [2.45, 2.75) is 11.8 Å². The first kappa shape index (κ1) is 16.8. The molecule has 130 valence electrons. The third-order valence-corrected chi connectivity index (χ3v) is 4.58. The van der Waals surface area contributed by atoms with E-state index in [9.17, 15) is 9.59 Å². The van der Waals surface area contributed by atoms with Crippen LogP contribution in [-0.2, 0) is 9.53 Å². The lowest BCUT2D eigenvalue weighted by atomic mass is 9.80. The van der Waals surface area contributed by atoms with E-state index in [1.807, 2.05) is 18.2 Å². The number of carbonyl (C=O) groups is 2. The number of ether oxygens (including phenoxy) is 2. The molecular formula is C19H20N2O4. The molecule has 1 aliphatic heterocycles. The van der Waals surface area contributed by atoms with E-state index in [0.29, 0.717) is 23.4 Å². The maximum absolute atomic E-state index is 12.3. The van der Waals surface area contributed by atoms with Gasteiger partial charge in [0.2, 0.25) is 5.91 Å². The van der Waals surface area contributed by atoms with Gasteiger partial charge in [-0.05, 0) is 35.4 Å². The third-order valence-electron chi connectivity index (χ3n) is 4.58. The van der Waals surface area contributed by atoms with E-state index >= 15 is 0 Å². The van der Waals surface area contributed by atoms with Crippen molar-refractivity contribution in [2.24, 2.45) is 5.73 Å². The number of benzene rings is 2. The SMILES string of the molecule is COC(=O)c1ccccc1C(C(N)=O)C1CNc2ccc(OC)cc21. The van der Waals surface area contributed by atoms with Crippen molar-refractivity contribution in [2.75, 3.05) is 26.1 Å². The Morgan fingerprint density at radius 2 is 1.96 bits per heavy atom. The van der Waals surface area contributed by atoms with Gasteiger partial charge in [-0.3, -0.25) is 4.79 Å². The van der Waals surface area contributed by atoms with Crippen LogP contribution in [0.4, 0.5) is 5.69 Å². The van der Waals surface area contributed by atoms with Crippen molar-refractivity contribution >= 4 is 17.6 Å². The van der Waals surface area contributed by atoms with Crippen LogP contribution in [0.3, 0.4) is 0 Å². The minimum absolute atomic E-state index is 0.201. The smallest absolute Gasteiger partial charge is 0.338 e. The van der Waals surface area contributed by atoms with E-state index < -0.39 is 17.8 Å². The van der Waals surface area contributed by atoms with E-state index in [-0.39, 0.29) is 5.92 Å². The van der Waals surface area contributed by atoms with Gasteiger partial charge in [-0.25, -0.2) is 4.79 Å². The first-order valence-corrected chi connectivity index (χ1v) is 7.95. The predicted molar refractivity (Wildman–Crippen MR) is 93.9 cm³/mol. The van der Waals surface area contributed by atoms with Crippen LogP contribution < -0.4 is 15.8 Å². The third kappa shape index (κ3) is 3.03. The summed E-state index contributed by atoms with van der Waals surface area (Å²) in [5, 5.41) is 3.29. The number of methoxy groups -OCH3 is 2. The molecule has 6 heteroatoms. The second kappa shape index (κ2) is 6.84. The van der Waals surface area contributed by atoms with Crippen molar-refractivity contribution in [1.82, 2.24) is 0 Å². The van der Waals surface area contributed by atoms with E-state index in [0.717, 1.165) is 11.3 Å². The standard InChI is InChI=1S/C19H20N2O4/c1-24-11-7-8-16-14(9-11)15(10-21-16)17(18(20)22)12-5-3-4-6-13(12)19(23)25-2/h3-9,15,17,21H,10H2,1-2H3,(H2,20,22). The number of nitrogens with two attached hydrogens (primary N) is 1. The van der Waals surface area contributed by atoms with E-state index in [4.69, 9.17) is 15.2 Å². The van der Waals surface area contributed by atoms with E-state index in [2.05, 4.69) is 5.32 Å². The molecule has 25 heavy (non-hydrogen) atoms. The van der Waals surface area contributed by atoms with Gasteiger partial charge in [-0.15, -0.1) is 0 Å². The molecule has 2 atom stereocenters. The van der Waals surface area contributed by atoms with Gasteiger partial charge in [0.25, 0.3) is 0 Å². The largest absolute Gasteiger partial charge is 0.497 e. The Hall–Kier alpha value is -3.02. The number of primary amides is 1. The molecule has 2 aromatic rings. The number of hydrogen-bond acceptors (Lipinski definition) is 5. The summed E-state index contributed by atoms with van der Waals surface area (Å²) in [6.45, 7) is 0.547. The number of fused-ring (bicyclic) bond motifs is 1. The maximum atomic E-state index is 12.3. The van der Waals surface area contributed by atoms with Crippen LogP contribution in [0.5, 0.6) is 5.75 Å². The van der Waals surface area contributed by atoms with Gasteiger partial charge in [0.1, 0.15) is 5.75 Å². The molecular weight excluding hydrogens is 320 g/mol. The fourth-order valence-electron chi connectivity index (χ4n) is 3.40. The monoisotopic (exact) mass is 340 g/mol. The van der Waals surface area contributed by atoms with Crippen molar-refractivity contribution in [3.05, 3.63) is 59.2 Å². The van der Waals surface area contributed by atoms with Gasteiger partial charge in [0, 0.05) is 18.2 Å². The quantitative estimate of drug-likeness (QED) is 0.815. The second-order valence-electron chi connectivity index (χ2n) is 5.90. The molecule has 1 amide bonds. The van der Waals surface area contributed by atoms with Crippen molar-refractivity contribution in [3.8, 4) is 5.75 Å². The molecule has 2 unspecified atom stereocenters. The fraction of sp³-hybridized carbons (Fsp3) is 0.263. The summed E-state index contributed by atoms with van der Waals surface area (Å²) < 4.78 is 10.1. The zero-order chi connectivity index (χ0) is 18.0. The summed E-state index contributed by atoms with van der Waals surface area (Å²) in [6, 6.07) is 12.6. The average molecular weight is 340 g/mol. The molecule has 2 aromatic carbocycles. The lowest BCUT2D eigenvalue weighted by molar-refractivity contribution is -0.119. The van der Waals surface area contributed by atoms with E-state index in [1.165, 1.54) is 7.11 Å². The van der Waals surface area contributed by atoms with Gasteiger partial charge in [-0.1, -0.05) is 18.2 Å². The first-order chi connectivity index (χ1) is 12.1.